The Bertz CT molecular complexity index is 981. The van der Waals surface area contributed by atoms with Crippen molar-refractivity contribution >= 4 is 35.1 Å². The Balaban J connectivity index is 1.80. The fraction of sp³-hybridized carbons (Fsp3) is 0. The van der Waals surface area contributed by atoms with Crippen LogP contribution in [-0.2, 0) is 0 Å². The van der Waals surface area contributed by atoms with E-state index in [2.05, 4.69) is 20.5 Å². The number of hydrazone groups is 1. The average molecular weight is 377 g/mol. The quantitative estimate of drug-likeness (QED) is 0.542. The predicted octanol–water partition coefficient (Wildman–Crippen LogP) is 3.05. The third kappa shape index (κ3) is 3.98. The number of rotatable bonds is 4. The Morgan fingerprint density at radius 2 is 2.20 bits per heavy atom. The molecule has 2 N–H and O–H groups in total. The molecule has 2 heterocycles. The zero-order valence-electron chi connectivity index (χ0n) is 12.5. The molecule has 25 heavy (non-hydrogen) atoms. The standard InChI is InChI=1S/C16H10ClFN4O2S/c17-10-3-1-4-11(18)9(10)8-19-22-15(23)13-7-12(20-16(24)21-13)14-5-2-6-25-14/h1-8H,(H,22,23)(H,20,21,24)/b19-8+. The van der Waals surface area contributed by atoms with Gasteiger partial charge < -0.3 is 4.98 Å². The molecule has 0 saturated carbocycles. The van der Waals surface area contributed by atoms with Gasteiger partial charge in [-0.25, -0.2) is 14.6 Å². The number of amides is 1. The van der Waals surface area contributed by atoms with Crippen molar-refractivity contribution in [2.75, 3.05) is 0 Å². The minimum Gasteiger partial charge on any atom is -0.305 e. The molecular weight excluding hydrogens is 367 g/mol. The van der Waals surface area contributed by atoms with Gasteiger partial charge in [-0.3, -0.25) is 4.79 Å². The third-order valence-electron chi connectivity index (χ3n) is 3.12. The fourth-order valence-electron chi connectivity index (χ4n) is 1.99. The van der Waals surface area contributed by atoms with Gasteiger partial charge in [-0.15, -0.1) is 11.3 Å². The van der Waals surface area contributed by atoms with Crippen molar-refractivity contribution < 1.29 is 9.18 Å². The highest BCUT2D eigenvalue weighted by atomic mass is 35.5. The normalized spacial score (nSPS) is 11.0. The number of nitrogens with one attached hydrogen (secondary N) is 2. The zero-order chi connectivity index (χ0) is 17.8. The molecular formula is C16H10ClFN4O2S. The number of thiophene rings is 1. The van der Waals surface area contributed by atoms with E-state index in [1.54, 1.807) is 6.07 Å². The van der Waals surface area contributed by atoms with Crippen LogP contribution in [0.4, 0.5) is 4.39 Å². The van der Waals surface area contributed by atoms with Crippen molar-refractivity contribution in [1.82, 2.24) is 15.4 Å². The van der Waals surface area contributed by atoms with Crippen LogP contribution in [0.3, 0.4) is 0 Å². The first kappa shape index (κ1) is 17.0. The largest absolute Gasteiger partial charge is 0.346 e. The van der Waals surface area contributed by atoms with Gasteiger partial charge in [0.1, 0.15) is 11.5 Å². The number of aromatic amines is 1. The van der Waals surface area contributed by atoms with Gasteiger partial charge in [-0.1, -0.05) is 23.7 Å². The van der Waals surface area contributed by atoms with Crippen LogP contribution in [-0.4, -0.2) is 22.1 Å². The van der Waals surface area contributed by atoms with Crippen LogP contribution >= 0.6 is 22.9 Å². The molecule has 0 saturated heterocycles. The number of carbonyl (C=O) groups is 1. The van der Waals surface area contributed by atoms with Gasteiger partial charge >= 0.3 is 5.69 Å². The third-order valence-corrected chi connectivity index (χ3v) is 4.36. The Morgan fingerprint density at radius 1 is 1.36 bits per heavy atom. The van der Waals surface area contributed by atoms with Gasteiger partial charge in [0.25, 0.3) is 5.91 Å². The van der Waals surface area contributed by atoms with Crippen molar-refractivity contribution in [2.24, 2.45) is 5.10 Å². The molecule has 1 amide bonds. The maximum absolute atomic E-state index is 13.6. The predicted molar refractivity (Wildman–Crippen MR) is 94.6 cm³/mol. The highest BCUT2D eigenvalue weighted by molar-refractivity contribution is 7.13. The molecule has 0 bridgehead atoms. The van der Waals surface area contributed by atoms with E-state index in [0.29, 0.717) is 5.69 Å². The van der Waals surface area contributed by atoms with Gasteiger partial charge in [0.05, 0.1) is 21.8 Å². The Hall–Kier alpha value is -2.84. The molecule has 0 spiro atoms. The van der Waals surface area contributed by atoms with E-state index >= 15 is 0 Å². The second-order valence-electron chi connectivity index (χ2n) is 4.80. The van der Waals surface area contributed by atoms with E-state index in [4.69, 9.17) is 11.6 Å². The lowest BCUT2D eigenvalue weighted by molar-refractivity contribution is 0.0949. The Kier molecular flexibility index (Phi) is 5.01. The number of aromatic nitrogens is 2. The Morgan fingerprint density at radius 3 is 2.92 bits per heavy atom. The van der Waals surface area contributed by atoms with Crippen molar-refractivity contribution in [1.29, 1.82) is 0 Å². The lowest BCUT2D eigenvalue weighted by Crippen LogP contribution is -2.24. The molecule has 1 aromatic carbocycles. The molecule has 0 unspecified atom stereocenters. The van der Waals surface area contributed by atoms with Crippen molar-refractivity contribution in [3.63, 3.8) is 0 Å². The van der Waals surface area contributed by atoms with Crippen LogP contribution in [0.5, 0.6) is 0 Å². The molecule has 3 aromatic rings. The topological polar surface area (TPSA) is 87.2 Å². The highest BCUT2D eigenvalue weighted by Gasteiger charge is 2.11. The van der Waals surface area contributed by atoms with Gasteiger partial charge in [0.15, 0.2) is 0 Å². The van der Waals surface area contributed by atoms with Crippen LogP contribution in [0.15, 0.2) is 51.7 Å². The van der Waals surface area contributed by atoms with Crippen LogP contribution < -0.4 is 11.1 Å². The van der Waals surface area contributed by atoms with E-state index in [0.717, 1.165) is 11.1 Å². The lowest BCUT2D eigenvalue weighted by Gasteiger charge is -2.02. The Labute approximate surface area is 150 Å². The molecule has 0 fully saturated rings. The van der Waals surface area contributed by atoms with E-state index in [9.17, 15) is 14.0 Å². The second-order valence-corrected chi connectivity index (χ2v) is 6.15. The van der Waals surface area contributed by atoms with Crippen LogP contribution in [0, 0.1) is 5.82 Å². The van der Waals surface area contributed by atoms with Crippen molar-refractivity contribution in [3.05, 3.63) is 74.4 Å². The van der Waals surface area contributed by atoms with Gasteiger partial charge in [-0.2, -0.15) is 10.1 Å². The van der Waals surface area contributed by atoms with E-state index in [1.165, 1.54) is 35.6 Å². The summed E-state index contributed by atoms with van der Waals surface area (Å²) in [6.45, 7) is 0. The number of carbonyl (C=O) groups excluding carboxylic acids is 1. The van der Waals surface area contributed by atoms with E-state index in [1.807, 2.05) is 11.4 Å². The summed E-state index contributed by atoms with van der Waals surface area (Å²) in [6, 6.07) is 9.24. The lowest BCUT2D eigenvalue weighted by atomic mass is 10.2. The summed E-state index contributed by atoms with van der Waals surface area (Å²) in [5.74, 6) is -1.27. The molecule has 126 valence electrons. The summed E-state index contributed by atoms with van der Waals surface area (Å²) in [6.07, 6.45) is 1.09. The zero-order valence-corrected chi connectivity index (χ0v) is 14.1. The van der Waals surface area contributed by atoms with Crippen LogP contribution in [0.2, 0.25) is 5.02 Å². The first-order valence-electron chi connectivity index (χ1n) is 6.97. The highest BCUT2D eigenvalue weighted by Crippen LogP contribution is 2.21. The molecule has 0 aliphatic heterocycles. The molecule has 3 rings (SSSR count). The van der Waals surface area contributed by atoms with E-state index in [-0.39, 0.29) is 16.3 Å². The van der Waals surface area contributed by atoms with Crippen molar-refractivity contribution in [2.45, 2.75) is 0 Å². The van der Waals surface area contributed by atoms with Gasteiger partial charge in [0, 0.05) is 5.56 Å². The van der Waals surface area contributed by atoms with Crippen molar-refractivity contribution in [3.8, 4) is 10.6 Å². The number of nitrogens with zero attached hydrogens (tertiary/aromatic N) is 2. The smallest absolute Gasteiger partial charge is 0.305 e. The summed E-state index contributed by atoms with van der Waals surface area (Å²) in [5.41, 5.74) is 1.95. The molecule has 6 nitrogen and oxygen atoms in total. The first-order chi connectivity index (χ1) is 12.0. The number of halogens is 2. The summed E-state index contributed by atoms with van der Waals surface area (Å²) in [7, 11) is 0. The summed E-state index contributed by atoms with van der Waals surface area (Å²) in [5, 5.41) is 5.67. The maximum Gasteiger partial charge on any atom is 0.346 e. The molecule has 0 aliphatic carbocycles. The average Bonchev–Trinajstić information content (AvgIpc) is 3.11. The number of benzene rings is 1. The minimum absolute atomic E-state index is 0.0441. The first-order valence-corrected chi connectivity index (χ1v) is 8.23. The monoisotopic (exact) mass is 376 g/mol. The number of H-pyrrole nitrogens is 1. The summed E-state index contributed by atoms with van der Waals surface area (Å²) >= 11 is 7.27. The molecule has 0 atom stereocenters. The summed E-state index contributed by atoms with van der Waals surface area (Å²) in [4.78, 5) is 30.7. The molecule has 0 radical (unpaired) electrons. The molecule has 9 heteroatoms. The molecule has 0 aliphatic rings. The minimum atomic E-state index is -0.701. The van der Waals surface area contributed by atoms with Crippen LogP contribution in [0.1, 0.15) is 16.1 Å². The van der Waals surface area contributed by atoms with Crippen LogP contribution in [0.25, 0.3) is 10.6 Å². The SMILES string of the molecule is O=C(N/N=C/c1c(F)cccc1Cl)c1cc(-c2cccs2)[nH]c(=O)n1. The summed E-state index contributed by atoms with van der Waals surface area (Å²) < 4.78 is 13.6. The maximum atomic E-state index is 13.6. The number of hydrogen-bond donors (Lipinski definition) is 2. The van der Waals surface area contributed by atoms with Gasteiger partial charge in [-0.05, 0) is 29.6 Å². The molecule has 2 aromatic heterocycles. The van der Waals surface area contributed by atoms with E-state index < -0.39 is 17.4 Å². The number of hydrogen-bond acceptors (Lipinski definition) is 5. The fourth-order valence-corrected chi connectivity index (χ4v) is 2.89. The second kappa shape index (κ2) is 7.37. The van der Waals surface area contributed by atoms with Gasteiger partial charge in [0.2, 0.25) is 0 Å².